The smallest absolute Gasteiger partial charge is 0.293 e. The Morgan fingerprint density at radius 2 is 2.30 bits per heavy atom. The number of nitrogen functional groups attached to an aromatic ring is 1. The minimum Gasteiger partial charge on any atom is -0.376 e. The lowest BCUT2D eigenvalue weighted by Crippen LogP contribution is -2.39. The van der Waals surface area contributed by atoms with E-state index in [1.54, 1.807) is 0 Å². The zero-order chi connectivity index (χ0) is 14.7. The second-order valence-electron chi connectivity index (χ2n) is 4.58. The maximum Gasteiger partial charge on any atom is 0.293 e. The number of hydrazine groups is 1. The average molecular weight is 280 g/mol. The molecule has 1 aliphatic rings. The van der Waals surface area contributed by atoms with E-state index < -0.39 is 4.92 Å². The molecule has 0 saturated carbocycles. The first kappa shape index (κ1) is 14.2. The summed E-state index contributed by atoms with van der Waals surface area (Å²) in [5.41, 5.74) is 2.45. The van der Waals surface area contributed by atoms with Gasteiger partial charge in [-0.1, -0.05) is 0 Å². The van der Waals surface area contributed by atoms with Crippen molar-refractivity contribution >= 4 is 17.3 Å². The number of amides is 1. The van der Waals surface area contributed by atoms with Gasteiger partial charge in [-0.2, -0.15) is 0 Å². The Morgan fingerprint density at radius 3 is 2.85 bits per heavy atom. The van der Waals surface area contributed by atoms with E-state index in [4.69, 9.17) is 10.6 Å². The zero-order valence-corrected chi connectivity index (χ0v) is 11.0. The summed E-state index contributed by atoms with van der Waals surface area (Å²) in [4.78, 5) is 22.3. The van der Waals surface area contributed by atoms with Gasteiger partial charge in [0.25, 0.3) is 11.6 Å². The monoisotopic (exact) mass is 280 g/mol. The Balaban J connectivity index is 2.16. The van der Waals surface area contributed by atoms with E-state index in [-0.39, 0.29) is 29.4 Å². The number of carbonyl (C=O) groups is 1. The number of nitrogens with one attached hydrogen (secondary N) is 2. The summed E-state index contributed by atoms with van der Waals surface area (Å²) in [5.74, 6) is 4.93. The Bertz CT molecular complexity index is 534. The summed E-state index contributed by atoms with van der Waals surface area (Å²) in [6.45, 7) is 2.50. The summed E-state index contributed by atoms with van der Waals surface area (Å²) in [6.07, 6.45) is 0.714. The summed E-state index contributed by atoms with van der Waals surface area (Å²) in [7, 11) is 0. The van der Waals surface area contributed by atoms with Crippen LogP contribution in [0.25, 0.3) is 0 Å². The predicted molar refractivity (Wildman–Crippen MR) is 72.2 cm³/mol. The molecule has 108 valence electrons. The minimum atomic E-state index is -0.566. The average Bonchev–Trinajstić information content (AvgIpc) is 2.83. The van der Waals surface area contributed by atoms with Crippen molar-refractivity contribution in [3.8, 4) is 0 Å². The fourth-order valence-corrected chi connectivity index (χ4v) is 2.13. The molecule has 1 aromatic carbocycles. The van der Waals surface area contributed by atoms with Crippen LogP contribution in [-0.2, 0) is 4.74 Å². The molecular weight excluding hydrogens is 264 g/mol. The van der Waals surface area contributed by atoms with Gasteiger partial charge in [0.05, 0.1) is 17.1 Å². The lowest BCUT2D eigenvalue weighted by atomic mass is 10.1. The summed E-state index contributed by atoms with van der Waals surface area (Å²) in [6, 6.07) is 3.95. The fourth-order valence-electron chi connectivity index (χ4n) is 2.13. The second kappa shape index (κ2) is 5.85. The third kappa shape index (κ3) is 2.86. The normalized spacial score (nSPS) is 21.5. The number of nitrogens with zero attached hydrogens (tertiary/aromatic N) is 1. The largest absolute Gasteiger partial charge is 0.376 e. The first-order valence-electron chi connectivity index (χ1n) is 6.20. The van der Waals surface area contributed by atoms with Crippen molar-refractivity contribution in [2.24, 2.45) is 5.84 Å². The third-order valence-corrected chi connectivity index (χ3v) is 3.30. The molecule has 2 rings (SSSR count). The highest BCUT2D eigenvalue weighted by atomic mass is 16.6. The Labute approximate surface area is 115 Å². The molecule has 0 aromatic heterocycles. The standard InChI is InChI=1S/C12H16N4O4/c1-7-9(4-5-20-7)14-12(17)8-2-3-11(16(18)19)10(6-8)15-13/h2-3,6-7,9,15H,4-5,13H2,1H3,(H,14,17). The van der Waals surface area contributed by atoms with Crippen molar-refractivity contribution in [3.05, 3.63) is 33.9 Å². The van der Waals surface area contributed by atoms with Crippen LogP contribution < -0.4 is 16.6 Å². The fraction of sp³-hybridized carbons (Fsp3) is 0.417. The molecule has 2 atom stereocenters. The highest BCUT2D eigenvalue weighted by Crippen LogP contribution is 2.24. The van der Waals surface area contributed by atoms with Crippen molar-refractivity contribution < 1.29 is 14.5 Å². The van der Waals surface area contributed by atoms with Gasteiger partial charge in [-0.05, 0) is 25.5 Å². The topological polar surface area (TPSA) is 120 Å². The summed E-state index contributed by atoms with van der Waals surface area (Å²) in [5, 5.41) is 13.6. The van der Waals surface area contributed by atoms with Gasteiger partial charge >= 0.3 is 0 Å². The molecule has 1 saturated heterocycles. The number of anilines is 1. The summed E-state index contributed by atoms with van der Waals surface area (Å²) >= 11 is 0. The molecule has 1 heterocycles. The molecule has 0 radical (unpaired) electrons. The molecule has 1 fully saturated rings. The number of nitro benzene ring substituents is 1. The van der Waals surface area contributed by atoms with Gasteiger partial charge in [-0.3, -0.25) is 20.8 Å². The van der Waals surface area contributed by atoms with Crippen LogP contribution in [0.15, 0.2) is 18.2 Å². The van der Waals surface area contributed by atoms with E-state index in [2.05, 4.69) is 10.7 Å². The molecular formula is C12H16N4O4. The first-order chi connectivity index (χ1) is 9.52. The van der Waals surface area contributed by atoms with E-state index in [1.807, 2.05) is 6.92 Å². The molecule has 1 amide bonds. The second-order valence-corrected chi connectivity index (χ2v) is 4.58. The maximum atomic E-state index is 12.1. The number of rotatable bonds is 4. The van der Waals surface area contributed by atoms with Crippen molar-refractivity contribution in [2.45, 2.75) is 25.5 Å². The Kier molecular flexibility index (Phi) is 4.16. The van der Waals surface area contributed by atoms with Crippen LogP contribution >= 0.6 is 0 Å². The van der Waals surface area contributed by atoms with Crippen LogP contribution in [0.1, 0.15) is 23.7 Å². The molecule has 0 spiro atoms. The molecule has 0 bridgehead atoms. The van der Waals surface area contributed by atoms with Crippen LogP contribution in [0.5, 0.6) is 0 Å². The van der Waals surface area contributed by atoms with Gasteiger partial charge < -0.3 is 15.5 Å². The van der Waals surface area contributed by atoms with Gasteiger partial charge in [0, 0.05) is 18.2 Å². The lowest BCUT2D eigenvalue weighted by molar-refractivity contribution is -0.384. The van der Waals surface area contributed by atoms with Crippen molar-refractivity contribution in [2.75, 3.05) is 12.0 Å². The number of benzene rings is 1. The highest BCUT2D eigenvalue weighted by Gasteiger charge is 2.26. The molecule has 20 heavy (non-hydrogen) atoms. The van der Waals surface area contributed by atoms with E-state index >= 15 is 0 Å². The Hall–Kier alpha value is -2.19. The van der Waals surface area contributed by atoms with Crippen LogP contribution in [0.3, 0.4) is 0 Å². The zero-order valence-electron chi connectivity index (χ0n) is 11.0. The molecule has 1 aliphatic heterocycles. The Morgan fingerprint density at radius 1 is 1.55 bits per heavy atom. The summed E-state index contributed by atoms with van der Waals surface area (Å²) < 4.78 is 5.36. The number of ether oxygens (including phenoxy) is 1. The van der Waals surface area contributed by atoms with Gasteiger partial charge in [-0.15, -0.1) is 0 Å². The van der Waals surface area contributed by atoms with Crippen molar-refractivity contribution in [1.29, 1.82) is 0 Å². The van der Waals surface area contributed by atoms with Gasteiger partial charge in [0.1, 0.15) is 5.69 Å². The third-order valence-electron chi connectivity index (χ3n) is 3.30. The number of hydrogen-bond donors (Lipinski definition) is 3. The highest BCUT2D eigenvalue weighted by molar-refractivity contribution is 5.96. The number of nitrogens with two attached hydrogens (primary N) is 1. The number of hydrogen-bond acceptors (Lipinski definition) is 6. The number of carbonyl (C=O) groups excluding carboxylic acids is 1. The first-order valence-corrected chi connectivity index (χ1v) is 6.20. The lowest BCUT2D eigenvalue weighted by Gasteiger charge is -2.16. The van der Waals surface area contributed by atoms with E-state index in [0.717, 1.165) is 6.42 Å². The maximum absolute atomic E-state index is 12.1. The van der Waals surface area contributed by atoms with Crippen LogP contribution in [0.2, 0.25) is 0 Å². The van der Waals surface area contributed by atoms with E-state index in [0.29, 0.717) is 12.2 Å². The minimum absolute atomic E-state index is 0.0379. The van der Waals surface area contributed by atoms with E-state index in [1.165, 1.54) is 18.2 Å². The van der Waals surface area contributed by atoms with Crippen LogP contribution in [-0.4, -0.2) is 29.6 Å². The quantitative estimate of drug-likeness (QED) is 0.426. The molecule has 0 aliphatic carbocycles. The van der Waals surface area contributed by atoms with Gasteiger partial charge in [0.2, 0.25) is 0 Å². The van der Waals surface area contributed by atoms with Crippen molar-refractivity contribution in [3.63, 3.8) is 0 Å². The molecule has 1 aromatic rings. The van der Waals surface area contributed by atoms with Crippen LogP contribution in [0.4, 0.5) is 11.4 Å². The molecule has 2 unspecified atom stereocenters. The number of nitro groups is 1. The van der Waals surface area contributed by atoms with Gasteiger partial charge in [0.15, 0.2) is 0 Å². The van der Waals surface area contributed by atoms with Crippen LogP contribution in [0, 0.1) is 10.1 Å². The van der Waals surface area contributed by atoms with Gasteiger partial charge in [-0.25, -0.2) is 0 Å². The molecule has 4 N–H and O–H groups in total. The molecule has 8 nitrogen and oxygen atoms in total. The molecule has 8 heteroatoms. The van der Waals surface area contributed by atoms with E-state index in [9.17, 15) is 14.9 Å². The van der Waals surface area contributed by atoms with Crippen molar-refractivity contribution in [1.82, 2.24) is 5.32 Å². The predicted octanol–water partition coefficient (Wildman–Crippen LogP) is 0.788. The SMILES string of the molecule is CC1OCCC1NC(=O)c1ccc([N+](=O)[O-])c(NN)c1.